The molecule has 1 rings (SSSR count). The quantitative estimate of drug-likeness (QED) is 0.540. The maximum absolute atomic E-state index is 6.25. The van der Waals surface area contributed by atoms with E-state index in [1.165, 1.54) is 0 Å². The Morgan fingerprint density at radius 1 is 1.11 bits per heavy atom. The second-order valence-electron chi connectivity index (χ2n) is 6.15. The average Bonchev–Trinajstić information content (AvgIpc) is 2.31. The van der Waals surface area contributed by atoms with Crippen LogP contribution in [0.25, 0.3) is 0 Å². The van der Waals surface area contributed by atoms with Gasteiger partial charge in [0, 0.05) is 11.4 Å². The molecule has 19 heavy (non-hydrogen) atoms. The first-order valence-corrected chi connectivity index (χ1v) is 8.12. The molecule has 0 saturated carbocycles. The van der Waals surface area contributed by atoms with Gasteiger partial charge in [-0.25, -0.2) is 0 Å². The van der Waals surface area contributed by atoms with Gasteiger partial charge in [0.2, 0.25) is 0 Å². The normalized spacial score (nSPS) is 15.3. The van der Waals surface area contributed by atoms with Gasteiger partial charge in [-0.15, -0.1) is 11.8 Å². The van der Waals surface area contributed by atoms with Crippen LogP contribution in [0.15, 0.2) is 23.1 Å². The first kappa shape index (κ1) is 17.2. The second-order valence-corrected chi connectivity index (χ2v) is 8.48. The molecule has 0 saturated heterocycles. The van der Waals surface area contributed by atoms with Gasteiger partial charge in [0.1, 0.15) is 0 Å². The van der Waals surface area contributed by atoms with Crippen molar-refractivity contribution in [3.63, 3.8) is 0 Å². The summed E-state index contributed by atoms with van der Waals surface area (Å²) in [6.45, 7) is 12.0. The van der Waals surface area contributed by atoms with E-state index in [-0.39, 0.29) is 10.3 Å². The molecular formula is C15H23Cl2NS. The average molecular weight is 320 g/mol. The minimum Gasteiger partial charge on any atom is -0.302 e. The van der Waals surface area contributed by atoms with Crippen LogP contribution < -0.4 is 5.32 Å². The number of thioether (sulfide) groups is 1. The van der Waals surface area contributed by atoms with E-state index in [0.717, 1.165) is 27.9 Å². The van der Waals surface area contributed by atoms with Gasteiger partial charge in [0.05, 0.1) is 14.9 Å². The van der Waals surface area contributed by atoms with E-state index in [2.05, 4.69) is 39.9 Å². The van der Waals surface area contributed by atoms with E-state index in [1.807, 2.05) is 18.2 Å². The predicted molar refractivity (Wildman–Crippen MR) is 88.5 cm³/mol. The third kappa shape index (κ3) is 5.55. The maximum atomic E-state index is 6.25. The van der Waals surface area contributed by atoms with Crippen molar-refractivity contribution in [2.45, 2.75) is 50.8 Å². The van der Waals surface area contributed by atoms with Crippen molar-refractivity contribution in [1.29, 1.82) is 0 Å². The zero-order chi connectivity index (χ0) is 14.7. The Balaban J connectivity index is 2.86. The van der Waals surface area contributed by atoms with Gasteiger partial charge in [0.15, 0.2) is 0 Å². The van der Waals surface area contributed by atoms with Crippen molar-refractivity contribution in [2.75, 3.05) is 6.54 Å². The zero-order valence-electron chi connectivity index (χ0n) is 12.3. The SMILES string of the molecule is CC[C@](C)(NCC(C)(C)C)Sc1c(Cl)cccc1Cl. The summed E-state index contributed by atoms with van der Waals surface area (Å²) < 4.78 is 0. The molecule has 4 heteroatoms. The van der Waals surface area contributed by atoms with Crippen LogP contribution in [-0.4, -0.2) is 11.4 Å². The van der Waals surface area contributed by atoms with E-state index in [0.29, 0.717) is 0 Å². The Bertz CT molecular complexity index is 408. The van der Waals surface area contributed by atoms with Crippen LogP contribution in [0, 0.1) is 5.41 Å². The largest absolute Gasteiger partial charge is 0.302 e. The first-order valence-electron chi connectivity index (χ1n) is 6.55. The highest BCUT2D eigenvalue weighted by atomic mass is 35.5. The lowest BCUT2D eigenvalue weighted by Gasteiger charge is -2.33. The van der Waals surface area contributed by atoms with Gasteiger partial charge >= 0.3 is 0 Å². The number of hydrogen-bond donors (Lipinski definition) is 1. The van der Waals surface area contributed by atoms with Crippen molar-refractivity contribution in [2.24, 2.45) is 5.41 Å². The van der Waals surface area contributed by atoms with Crippen molar-refractivity contribution < 1.29 is 0 Å². The fourth-order valence-corrected chi connectivity index (χ4v) is 3.19. The Kier molecular flexibility index (Phi) is 6.06. The van der Waals surface area contributed by atoms with Gasteiger partial charge < -0.3 is 5.32 Å². The number of rotatable bonds is 5. The van der Waals surface area contributed by atoms with Gasteiger partial charge in [-0.1, -0.05) is 57.0 Å². The lowest BCUT2D eigenvalue weighted by molar-refractivity contribution is 0.340. The van der Waals surface area contributed by atoms with Gasteiger partial charge in [-0.05, 0) is 30.9 Å². The third-order valence-corrected chi connectivity index (χ3v) is 5.30. The molecule has 0 fully saturated rings. The number of benzene rings is 1. The molecule has 0 amide bonds. The molecule has 1 aromatic rings. The molecule has 0 bridgehead atoms. The molecule has 0 unspecified atom stereocenters. The maximum Gasteiger partial charge on any atom is 0.0661 e. The van der Waals surface area contributed by atoms with Gasteiger partial charge in [-0.2, -0.15) is 0 Å². The highest BCUT2D eigenvalue weighted by molar-refractivity contribution is 8.00. The highest BCUT2D eigenvalue weighted by Crippen LogP contribution is 2.41. The summed E-state index contributed by atoms with van der Waals surface area (Å²) >= 11 is 14.2. The smallest absolute Gasteiger partial charge is 0.0661 e. The molecular weight excluding hydrogens is 297 g/mol. The molecule has 1 N–H and O–H groups in total. The molecule has 0 aliphatic rings. The molecule has 0 heterocycles. The van der Waals surface area contributed by atoms with E-state index < -0.39 is 0 Å². The lowest BCUT2D eigenvalue weighted by atomic mass is 9.96. The van der Waals surface area contributed by atoms with E-state index in [4.69, 9.17) is 23.2 Å². The summed E-state index contributed by atoms with van der Waals surface area (Å²) in [5.41, 5.74) is 0.251. The Hall–Kier alpha value is 0.110. The van der Waals surface area contributed by atoms with Crippen molar-refractivity contribution in [3.8, 4) is 0 Å². The van der Waals surface area contributed by atoms with Crippen LogP contribution in [0.2, 0.25) is 10.0 Å². The molecule has 0 aliphatic carbocycles. The number of halogens is 2. The molecule has 108 valence electrons. The van der Waals surface area contributed by atoms with Crippen LogP contribution in [0.5, 0.6) is 0 Å². The summed E-state index contributed by atoms with van der Waals surface area (Å²) in [5.74, 6) is 0. The van der Waals surface area contributed by atoms with E-state index in [9.17, 15) is 0 Å². The Morgan fingerprint density at radius 3 is 2.05 bits per heavy atom. The van der Waals surface area contributed by atoms with Crippen molar-refractivity contribution in [1.82, 2.24) is 5.32 Å². The molecule has 1 atom stereocenters. The van der Waals surface area contributed by atoms with E-state index in [1.54, 1.807) is 11.8 Å². The minimum absolute atomic E-state index is 0.0675. The van der Waals surface area contributed by atoms with Crippen molar-refractivity contribution >= 4 is 35.0 Å². The summed E-state index contributed by atoms with van der Waals surface area (Å²) in [6.07, 6.45) is 0.995. The fourth-order valence-electron chi connectivity index (χ4n) is 1.49. The topological polar surface area (TPSA) is 12.0 Å². The number of nitrogens with one attached hydrogen (secondary N) is 1. The summed E-state index contributed by atoms with van der Waals surface area (Å²) in [4.78, 5) is 0.888. The fraction of sp³-hybridized carbons (Fsp3) is 0.600. The standard InChI is InChI=1S/C15H23Cl2NS/c1-6-15(5,18-10-14(2,3)4)19-13-11(16)8-7-9-12(13)17/h7-9,18H,6,10H2,1-5H3/t15-/m1/s1. The molecule has 0 spiro atoms. The van der Waals surface area contributed by atoms with Gasteiger partial charge in [0.25, 0.3) is 0 Å². The first-order chi connectivity index (χ1) is 8.67. The third-order valence-electron chi connectivity index (χ3n) is 2.91. The van der Waals surface area contributed by atoms with Crippen LogP contribution in [0.4, 0.5) is 0 Å². The van der Waals surface area contributed by atoms with E-state index >= 15 is 0 Å². The zero-order valence-corrected chi connectivity index (χ0v) is 14.6. The molecule has 0 aliphatic heterocycles. The number of hydrogen-bond acceptors (Lipinski definition) is 2. The second kappa shape index (κ2) is 6.71. The van der Waals surface area contributed by atoms with Crippen LogP contribution >= 0.6 is 35.0 Å². The lowest BCUT2D eigenvalue weighted by Crippen LogP contribution is -2.43. The summed E-state index contributed by atoms with van der Waals surface area (Å²) in [6, 6.07) is 5.64. The Labute approximate surface area is 131 Å². The predicted octanol–water partition coefficient (Wildman–Crippen LogP) is 5.85. The summed E-state index contributed by atoms with van der Waals surface area (Å²) in [5, 5.41) is 5.07. The van der Waals surface area contributed by atoms with Crippen LogP contribution in [0.3, 0.4) is 0 Å². The van der Waals surface area contributed by atoms with Crippen LogP contribution in [-0.2, 0) is 0 Å². The monoisotopic (exact) mass is 319 g/mol. The highest BCUT2D eigenvalue weighted by Gasteiger charge is 2.27. The molecule has 0 aromatic heterocycles. The molecule has 0 radical (unpaired) electrons. The van der Waals surface area contributed by atoms with Crippen molar-refractivity contribution in [3.05, 3.63) is 28.2 Å². The van der Waals surface area contributed by atoms with Gasteiger partial charge in [-0.3, -0.25) is 0 Å². The Morgan fingerprint density at radius 2 is 1.63 bits per heavy atom. The minimum atomic E-state index is -0.0675. The van der Waals surface area contributed by atoms with Crippen LogP contribution in [0.1, 0.15) is 41.0 Å². The molecule has 1 aromatic carbocycles. The summed E-state index contributed by atoms with van der Waals surface area (Å²) in [7, 11) is 0. The molecule has 1 nitrogen and oxygen atoms in total.